The van der Waals surface area contributed by atoms with E-state index >= 15 is 0 Å². The summed E-state index contributed by atoms with van der Waals surface area (Å²) in [6.45, 7) is 1.81. The summed E-state index contributed by atoms with van der Waals surface area (Å²) in [5.74, 6) is 0.177. The largest absolute Gasteiger partial charge is 0.376 e. The Balaban J connectivity index is 1.77. The SMILES string of the molecule is Cc1noc2nc(C3CC3)cc(C(=O)Nc3cc(Cl)ccc3N(C)C)c12. The molecule has 2 aromatic heterocycles. The number of carbonyl (C=O) groups is 1. The fraction of sp³-hybridized carbons (Fsp3) is 0.316. The van der Waals surface area contributed by atoms with Crippen LogP contribution in [0.3, 0.4) is 0 Å². The number of aromatic nitrogens is 2. The number of halogens is 1. The van der Waals surface area contributed by atoms with Crippen molar-refractivity contribution in [3.05, 3.63) is 46.2 Å². The Morgan fingerprint density at radius 2 is 2.08 bits per heavy atom. The van der Waals surface area contributed by atoms with Crippen molar-refractivity contribution >= 4 is 40.0 Å². The normalized spacial score (nSPS) is 13.8. The molecule has 1 aromatic carbocycles. The third kappa shape index (κ3) is 3.01. The fourth-order valence-corrected chi connectivity index (χ4v) is 3.24. The van der Waals surface area contributed by atoms with Crippen LogP contribution in [0.4, 0.5) is 11.4 Å². The second kappa shape index (κ2) is 6.29. The predicted octanol–water partition coefficient (Wildman–Crippen LogP) is 4.38. The Labute approximate surface area is 156 Å². The van der Waals surface area contributed by atoms with E-state index in [4.69, 9.17) is 16.1 Å². The lowest BCUT2D eigenvalue weighted by Crippen LogP contribution is -2.17. The van der Waals surface area contributed by atoms with Gasteiger partial charge in [0.15, 0.2) is 0 Å². The summed E-state index contributed by atoms with van der Waals surface area (Å²) in [4.78, 5) is 19.5. The second-order valence-corrected chi connectivity index (χ2v) is 7.26. The highest BCUT2D eigenvalue weighted by Gasteiger charge is 2.28. The summed E-state index contributed by atoms with van der Waals surface area (Å²) in [6.07, 6.45) is 2.18. The standard InChI is InChI=1S/C19H19ClN4O2/c1-10-17-13(9-14(11-4-5-11)22-19(17)26-23-10)18(25)21-15-8-12(20)6-7-16(15)24(2)3/h6-9,11H,4-5H2,1-3H3,(H,21,25). The van der Waals surface area contributed by atoms with Crippen LogP contribution in [0, 0.1) is 6.92 Å². The maximum Gasteiger partial charge on any atom is 0.259 e. The number of fused-ring (bicyclic) bond motifs is 1. The van der Waals surface area contributed by atoms with Crippen molar-refractivity contribution in [1.29, 1.82) is 0 Å². The summed E-state index contributed by atoms with van der Waals surface area (Å²) in [7, 11) is 3.83. The third-order valence-corrected chi connectivity index (χ3v) is 4.80. The maximum atomic E-state index is 13.1. The Kier molecular flexibility index (Phi) is 4.07. The van der Waals surface area contributed by atoms with Gasteiger partial charge in [-0.25, -0.2) is 4.98 Å². The molecule has 2 heterocycles. The molecule has 0 saturated heterocycles. The monoisotopic (exact) mass is 370 g/mol. The van der Waals surface area contributed by atoms with Gasteiger partial charge in [0.05, 0.1) is 28.0 Å². The van der Waals surface area contributed by atoms with E-state index in [1.165, 1.54) is 0 Å². The Morgan fingerprint density at radius 1 is 1.31 bits per heavy atom. The zero-order valence-corrected chi connectivity index (χ0v) is 15.6. The van der Waals surface area contributed by atoms with Gasteiger partial charge in [-0.05, 0) is 44.0 Å². The number of pyridine rings is 1. The molecule has 1 fully saturated rings. The van der Waals surface area contributed by atoms with Crippen LogP contribution in [0.15, 0.2) is 28.8 Å². The van der Waals surface area contributed by atoms with E-state index in [-0.39, 0.29) is 5.91 Å². The van der Waals surface area contributed by atoms with Gasteiger partial charge in [-0.3, -0.25) is 4.79 Å². The predicted molar refractivity (Wildman–Crippen MR) is 102 cm³/mol. The van der Waals surface area contributed by atoms with Gasteiger partial charge in [-0.2, -0.15) is 0 Å². The van der Waals surface area contributed by atoms with Crippen LogP contribution >= 0.6 is 11.6 Å². The molecule has 3 aromatic rings. The van der Waals surface area contributed by atoms with Gasteiger partial charge in [0, 0.05) is 30.7 Å². The van der Waals surface area contributed by atoms with Gasteiger partial charge in [0.2, 0.25) is 0 Å². The van der Waals surface area contributed by atoms with Crippen LogP contribution in [0.2, 0.25) is 5.02 Å². The Hall–Kier alpha value is -2.60. The quantitative estimate of drug-likeness (QED) is 0.737. The highest BCUT2D eigenvalue weighted by atomic mass is 35.5. The van der Waals surface area contributed by atoms with Gasteiger partial charge in [0.1, 0.15) is 0 Å². The number of hydrogen-bond acceptors (Lipinski definition) is 5. The van der Waals surface area contributed by atoms with Gasteiger partial charge in [0.25, 0.3) is 11.6 Å². The molecule has 0 aliphatic heterocycles. The van der Waals surface area contributed by atoms with Crippen molar-refractivity contribution < 1.29 is 9.32 Å². The molecule has 0 unspecified atom stereocenters. The van der Waals surface area contributed by atoms with Crippen molar-refractivity contribution in [1.82, 2.24) is 10.1 Å². The van der Waals surface area contributed by atoms with Gasteiger partial charge in [-0.1, -0.05) is 16.8 Å². The molecule has 26 heavy (non-hydrogen) atoms. The van der Waals surface area contributed by atoms with Gasteiger partial charge >= 0.3 is 0 Å². The molecule has 1 saturated carbocycles. The van der Waals surface area contributed by atoms with Crippen molar-refractivity contribution in [3.63, 3.8) is 0 Å². The van der Waals surface area contributed by atoms with E-state index in [0.717, 1.165) is 24.2 Å². The Bertz CT molecular complexity index is 1010. The topological polar surface area (TPSA) is 71.3 Å². The van der Waals surface area contributed by atoms with E-state index < -0.39 is 0 Å². The number of aryl methyl sites for hydroxylation is 1. The lowest BCUT2D eigenvalue weighted by molar-refractivity contribution is 0.102. The van der Waals surface area contributed by atoms with Crippen LogP contribution in [0.25, 0.3) is 11.1 Å². The molecule has 0 bridgehead atoms. The number of hydrogen-bond donors (Lipinski definition) is 1. The number of carbonyl (C=O) groups excluding carboxylic acids is 1. The second-order valence-electron chi connectivity index (χ2n) is 6.83. The highest BCUT2D eigenvalue weighted by Crippen LogP contribution is 2.40. The molecule has 0 radical (unpaired) electrons. The van der Waals surface area contributed by atoms with Crippen molar-refractivity contribution in [2.45, 2.75) is 25.7 Å². The first-order valence-electron chi connectivity index (χ1n) is 8.49. The average Bonchev–Trinajstić information content (AvgIpc) is 3.38. The molecule has 1 aliphatic rings. The smallest absolute Gasteiger partial charge is 0.259 e. The number of benzene rings is 1. The van der Waals surface area contributed by atoms with Crippen LogP contribution in [-0.2, 0) is 0 Å². The van der Waals surface area contributed by atoms with Crippen molar-refractivity contribution in [2.75, 3.05) is 24.3 Å². The summed E-state index contributed by atoms with van der Waals surface area (Å²) < 4.78 is 5.32. The van der Waals surface area contributed by atoms with E-state index in [2.05, 4.69) is 15.5 Å². The average molecular weight is 371 g/mol. The number of nitrogens with one attached hydrogen (secondary N) is 1. The zero-order valence-electron chi connectivity index (χ0n) is 14.8. The summed E-state index contributed by atoms with van der Waals surface area (Å²) >= 11 is 6.12. The molecular weight excluding hydrogens is 352 g/mol. The first-order chi connectivity index (χ1) is 12.4. The zero-order chi connectivity index (χ0) is 18.4. The third-order valence-electron chi connectivity index (χ3n) is 4.57. The molecule has 134 valence electrons. The Morgan fingerprint density at radius 3 is 2.77 bits per heavy atom. The van der Waals surface area contributed by atoms with E-state index in [9.17, 15) is 4.79 Å². The highest BCUT2D eigenvalue weighted by molar-refractivity contribution is 6.31. The molecule has 1 aliphatic carbocycles. The molecule has 1 amide bonds. The summed E-state index contributed by atoms with van der Waals surface area (Å²) in [5.41, 5.74) is 4.00. The van der Waals surface area contributed by atoms with E-state index in [1.807, 2.05) is 38.1 Å². The molecule has 6 nitrogen and oxygen atoms in total. The number of amides is 1. The van der Waals surface area contributed by atoms with Gasteiger partial charge in [-0.15, -0.1) is 0 Å². The minimum absolute atomic E-state index is 0.226. The van der Waals surface area contributed by atoms with Crippen LogP contribution in [0.5, 0.6) is 0 Å². The summed E-state index contributed by atoms with van der Waals surface area (Å²) in [6, 6.07) is 7.28. The van der Waals surface area contributed by atoms with Crippen LogP contribution in [-0.4, -0.2) is 30.1 Å². The molecule has 7 heteroatoms. The van der Waals surface area contributed by atoms with Crippen LogP contribution in [0.1, 0.15) is 40.5 Å². The van der Waals surface area contributed by atoms with E-state index in [1.54, 1.807) is 12.1 Å². The van der Waals surface area contributed by atoms with Gasteiger partial charge < -0.3 is 14.7 Å². The lowest BCUT2D eigenvalue weighted by atomic mass is 10.1. The molecule has 4 rings (SSSR count). The molecule has 0 atom stereocenters. The number of nitrogens with zero attached hydrogens (tertiary/aromatic N) is 3. The van der Waals surface area contributed by atoms with E-state index in [0.29, 0.717) is 39.0 Å². The molecule has 0 spiro atoms. The first kappa shape index (κ1) is 16.8. The van der Waals surface area contributed by atoms with Crippen LogP contribution < -0.4 is 10.2 Å². The fourth-order valence-electron chi connectivity index (χ4n) is 3.07. The minimum atomic E-state index is -0.226. The lowest BCUT2D eigenvalue weighted by Gasteiger charge is -2.18. The van der Waals surface area contributed by atoms with Crippen molar-refractivity contribution in [3.8, 4) is 0 Å². The minimum Gasteiger partial charge on any atom is -0.376 e. The number of anilines is 2. The number of rotatable bonds is 4. The molecule has 1 N–H and O–H groups in total. The van der Waals surface area contributed by atoms with Crippen molar-refractivity contribution in [2.24, 2.45) is 0 Å². The summed E-state index contributed by atoms with van der Waals surface area (Å²) in [5, 5.41) is 8.18. The maximum absolute atomic E-state index is 13.1. The first-order valence-corrected chi connectivity index (χ1v) is 8.87. The molecular formula is C19H19ClN4O2.